The van der Waals surface area contributed by atoms with Gasteiger partial charge < -0.3 is 19.9 Å². The molecule has 0 unspecified atom stereocenters. The molecule has 0 bridgehead atoms. The molecule has 2 amide bonds. The van der Waals surface area contributed by atoms with E-state index in [1.807, 2.05) is 42.5 Å². The molecule has 3 N–H and O–H groups in total. The van der Waals surface area contributed by atoms with Crippen molar-refractivity contribution in [1.82, 2.24) is 15.3 Å². The Kier molecular flexibility index (Phi) is 5.37. The minimum atomic E-state index is -0.508. The molecule has 6 rings (SSSR count). The minimum absolute atomic E-state index is 0.0752. The maximum Gasteiger partial charge on any atom is 0.275 e. The summed E-state index contributed by atoms with van der Waals surface area (Å²) in [5.41, 5.74) is 3.41. The van der Waals surface area contributed by atoms with Crippen LogP contribution in [0.15, 0.2) is 78.8 Å². The van der Waals surface area contributed by atoms with E-state index in [4.69, 9.17) is 4.74 Å². The van der Waals surface area contributed by atoms with E-state index in [0.29, 0.717) is 29.1 Å². The number of amides is 2. The number of benzene rings is 2. The zero-order valence-corrected chi connectivity index (χ0v) is 19.1. The van der Waals surface area contributed by atoms with E-state index in [1.165, 1.54) is 12.3 Å². The van der Waals surface area contributed by atoms with E-state index in [9.17, 15) is 14.0 Å². The van der Waals surface area contributed by atoms with Gasteiger partial charge in [0.15, 0.2) is 0 Å². The lowest BCUT2D eigenvalue weighted by Gasteiger charge is -2.19. The summed E-state index contributed by atoms with van der Waals surface area (Å²) in [5, 5.41) is 6.37. The maximum absolute atomic E-state index is 13.5. The number of ether oxygens (including phenoxy) is 1. The summed E-state index contributed by atoms with van der Waals surface area (Å²) in [7, 11) is 0. The fourth-order valence-electron chi connectivity index (χ4n) is 4.74. The summed E-state index contributed by atoms with van der Waals surface area (Å²) in [6.07, 6.45) is 3.90. The van der Waals surface area contributed by atoms with Gasteiger partial charge in [0.1, 0.15) is 17.6 Å². The van der Waals surface area contributed by atoms with Gasteiger partial charge in [-0.1, -0.05) is 24.3 Å². The molecule has 2 aromatic heterocycles. The van der Waals surface area contributed by atoms with E-state index in [2.05, 4.69) is 25.5 Å². The number of fused-ring (bicyclic) bond motifs is 1. The van der Waals surface area contributed by atoms with Crippen LogP contribution in [-0.4, -0.2) is 41.0 Å². The Hall–Kier alpha value is -4.66. The average Bonchev–Trinajstić information content (AvgIpc) is 3.57. The Labute approximate surface area is 205 Å². The van der Waals surface area contributed by atoms with Gasteiger partial charge >= 0.3 is 0 Å². The highest BCUT2D eigenvalue weighted by atomic mass is 19.1. The third-order valence-electron chi connectivity index (χ3n) is 6.42. The number of halogens is 1. The molecule has 180 valence electrons. The van der Waals surface area contributed by atoms with Gasteiger partial charge in [-0.15, -0.1) is 0 Å². The largest absolute Gasteiger partial charge is 0.488 e. The molecule has 36 heavy (non-hydrogen) atoms. The molecular weight excluding hydrogens is 461 g/mol. The Morgan fingerprint density at radius 1 is 1.06 bits per heavy atom. The molecule has 4 aromatic rings. The molecule has 1 atom stereocenters. The predicted molar refractivity (Wildman–Crippen MR) is 134 cm³/mol. The summed E-state index contributed by atoms with van der Waals surface area (Å²) in [6, 6.07) is 18.1. The number of imide groups is 1. The highest BCUT2D eigenvalue weighted by molar-refractivity contribution is 6.38. The number of H-pyrrole nitrogens is 1. The third-order valence-corrected chi connectivity index (χ3v) is 6.42. The number of rotatable bonds is 6. The lowest BCUT2D eigenvalue weighted by Crippen LogP contribution is -2.25. The molecule has 8 nitrogen and oxygen atoms in total. The van der Waals surface area contributed by atoms with Gasteiger partial charge in [0.05, 0.1) is 12.1 Å². The maximum atomic E-state index is 13.5. The molecule has 2 aliphatic heterocycles. The average molecular weight is 484 g/mol. The first-order chi connectivity index (χ1) is 17.5. The molecule has 9 heteroatoms. The number of para-hydroxylation sites is 1. The fraction of sp³-hybridized carbons (Fsp3) is 0.148. The van der Waals surface area contributed by atoms with Crippen LogP contribution in [0.1, 0.15) is 12.0 Å². The summed E-state index contributed by atoms with van der Waals surface area (Å²) < 4.78 is 19.7. The van der Waals surface area contributed by atoms with Crippen molar-refractivity contribution in [2.45, 2.75) is 12.5 Å². The molecule has 0 radical (unpaired) electrons. The smallest absolute Gasteiger partial charge is 0.275 e. The van der Waals surface area contributed by atoms with Crippen LogP contribution in [0.3, 0.4) is 0 Å². The van der Waals surface area contributed by atoms with Gasteiger partial charge in [-0.2, -0.15) is 4.39 Å². The van der Waals surface area contributed by atoms with Gasteiger partial charge in [0.25, 0.3) is 11.8 Å². The van der Waals surface area contributed by atoms with Crippen molar-refractivity contribution in [2.24, 2.45) is 0 Å². The van der Waals surface area contributed by atoms with E-state index in [1.54, 1.807) is 18.3 Å². The number of pyridine rings is 1. The number of nitrogens with zero attached hydrogens (tertiary/aromatic N) is 2. The Morgan fingerprint density at radius 2 is 1.94 bits per heavy atom. The van der Waals surface area contributed by atoms with Crippen LogP contribution < -0.4 is 20.3 Å². The second-order valence-corrected chi connectivity index (χ2v) is 8.75. The van der Waals surface area contributed by atoms with E-state index in [0.717, 1.165) is 29.6 Å². The number of carbonyl (C=O) groups excluding carboxylic acids is 2. The van der Waals surface area contributed by atoms with Gasteiger partial charge in [-0.05, 0) is 24.3 Å². The number of carbonyl (C=O) groups is 2. The van der Waals surface area contributed by atoms with Gasteiger partial charge in [0, 0.05) is 65.3 Å². The number of hydrogen-bond donors (Lipinski definition) is 3. The van der Waals surface area contributed by atoms with Crippen LogP contribution in [-0.2, 0) is 9.59 Å². The molecule has 0 aliphatic carbocycles. The van der Waals surface area contributed by atoms with Gasteiger partial charge in [-0.25, -0.2) is 4.98 Å². The fourth-order valence-corrected chi connectivity index (χ4v) is 4.74. The Morgan fingerprint density at radius 3 is 2.83 bits per heavy atom. The van der Waals surface area contributed by atoms with Crippen LogP contribution >= 0.6 is 0 Å². The van der Waals surface area contributed by atoms with Gasteiger partial charge in [0.2, 0.25) is 5.95 Å². The third kappa shape index (κ3) is 4.04. The summed E-state index contributed by atoms with van der Waals surface area (Å²) >= 11 is 0. The number of aromatic amines is 1. The Balaban J connectivity index is 1.22. The van der Waals surface area contributed by atoms with E-state index >= 15 is 0 Å². The number of aromatic nitrogens is 2. The van der Waals surface area contributed by atoms with Crippen molar-refractivity contribution < 1.29 is 18.7 Å². The van der Waals surface area contributed by atoms with Crippen LogP contribution in [0.2, 0.25) is 0 Å². The second kappa shape index (κ2) is 8.84. The highest BCUT2D eigenvalue weighted by Gasteiger charge is 2.33. The number of hydrogen-bond acceptors (Lipinski definition) is 6. The van der Waals surface area contributed by atoms with Crippen LogP contribution in [0.25, 0.3) is 16.5 Å². The topological polar surface area (TPSA) is 99.3 Å². The van der Waals surface area contributed by atoms with Gasteiger partial charge in [-0.3, -0.25) is 14.9 Å². The molecular formula is C27H22FN5O3. The first-order valence-corrected chi connectivity index (χ1v) is 11.6. The van der Waals surface area contributed by atoms with Crippen molar-refractivity contribution >= 4 is 39.7 Å². The normalized spacial score (nSPS) is 17.7. The van der Waals surface area contributed by atoms with Crippen molar-refractivity contribution in [3.63, 3.8) is 0 Å². The number of anilines is 2. The van der Waals surface area contributed by atoms with Crippen LogP contribution in [0.4, 0.5) is 15.8 Å². The highest BCUT2D eigenvalue weighted by Crippen LogP contribution is 2.32. The van der Waals surface area contributed by atoms with Crippen molar-refractivity contribution in [3.05, 3.63) is 90.3 Å². The van der Waals surface area contributed by atoms with Crippen molar-refractivity contribution in [1.29, 1.82) is 0 Å². The molecule has 1 saturated heterocycles. The minimum Gasteiger partial charge on any atom is -0.488 e. The van der Waals surface area contributed by atoms with E-state index in [-0.39, 0.29) is 11.8 Å². The summed E-state index contributed by atoms with van der Waals surface area (Å²) in [4.78, 5) is 34.2. The quantitative estimate of drug-likeness (QED) is 0.285. The summed E-state index contributed by atoms with van der Waals surface area (Å²) in [5.74, 6) is -0.806. The lowest BCUT2D eigenvalue weighted by molar-refractivity contribution is -0.123. The predicted octanol–water partition coefficient (Wildman–Crippen LogP) is 3.84. The Bertz CT molecular complexity index is 1530. The van der Waals surface area contributed by atoms with Crippen molar-refractivity contribution in [2.75, 3.05) is 23.3 Å². The zero-order chi connectivity index (χ0) is 24.6. The monoisotopic (exact) mass is 483 g/mol. The first kappa shape index (κ1) is 21.8. The standard InChI is InChI=1S/C27H22FN5O3/c28-23-13-17(8-10-29-23)33-11-9-19(15-33)36-18-5-3-4-16(12-18)31-25-24(26(34)32-27(25)35)21-14-30-22-7-2-1-6-20(21)22/h1-8,10,12-14,19,30H,9,11,15H2,(H2,31,32,34,35)/t19-/m1/s1. The number of nitrogens with one attached hydrogen (secondary N) is 3. The molecule has 4 heterocycles. The van der Waals surface area contributed by atoms with Crippen LogP contribution in [0.5, 0.6) is 5.75 Å². The van der Waals surface area contributed by atoms with Crippen LogP contribution in [0, 0.1) is 5.95 Å². The zero-order valence-electron chi connectivity index (χ0n) is 19.1. The molecule has 1 fully saturated rings. The first-order valence-electron chi connectivity index (χ1n) is 11.6. The lowest BCUT2D eigenvalue weighted by atomic mass is 10.0. The molecule has 0 spiro atoms. The van der Waals surface area contributed by atoms with E-state index < -0.39 is 17.8 Å². The van der Waals surface area contributed by atoms with Crippen molar-refractivity contribution in [3.8, 4) is 5.75 Å². The molecule has 2 aromatic carbocycles. The second-order valence-electron chi connectivity index (χ2n) is 8.75. The summed E-state index contributed by atoms with van der Waals surface area (Å²) in [6.45, 7) is 1.36. The SMILES string of the molecule is O=C1NC(=O)C(c2c[nH]c3ccccc23)=C1Nc1cccc(O[C@@H]2CCN(c3ccnc(F)c3)C2)c1. The molecule has 2 aliphatic rings. The molecule has 0 saturated carbocycles.